The molecule has 0 aliphatic rings. The number of hydrogen-bond acceptors (Lipinski definition) is 2. The first-order valence-electron chi connectivity index (χ1n) is 10.4. The molecule has 4 aromatic rings. The van der Waals surface area contributed by atoms with Gasteiger partial charge in [0.25, 0.3) is 0 Å². The second-order valence-corrected chi connectivity index (χ2v) is 9.94. The Morgan fingerprint density at radius 1 is 0.767 bits per heavy atom. The Labute approximate surface area is 192 Å². The highest BCUT2D eigenvalue weighted by molar-refractivity contribution is 14.1. The van der Waals surface area contributed by atoms with Crippen LogP contribution in [0.3, 0.4) is 0 Å². The van der Waals surface area contributed by atoms with Gasteiger partial charge in [-0.2, -0.15) is 0 Å². The van der Waals surface area contributed by atoms with Crippen LogP contribution in [0.5, 0.6) is 0 Å². The van der Waals surface area contributed by atoms with Crippen molar-refractivity contribution in [2.24, 2.45) is 0 Å². The molecule has 2 atom stereocenters. The van der Waals surface area contributed by atoms with Crippen LogP contribution in [0.25, 0.3) is 0 Å². The molecule has 3 nitrogen and oxygen atoms in total. The molecule has 0 fully saturated rings. The first-order valence-corrected chi connectivity index (χ1v) is 11.6. The second-order valence-electron chi connectivity index (χ2n) is 7.81. The minimum absolute atomic E-state index is 0.352. The first kappa shape index (κ1) is 20.8. The molecule has 0 spiro atoms. The van der Waals surface area contributed by atoms with Crippen molar-refractivity contribution in [3.63, 3.8) is 0 Å². The van der Waals surface area contributed by atoms with Crippen molar-refractivity contribution in [3.8, 4) is 0 Å². The summed E-state index contributed by atoms with van der Waals surface area (Å²) in [6.07, 6.45) is 3.21. The number of hydrogen-bond donors (Lipinski definition) is 0. The van der Waals surface area contributed by atoms with Gasteiger partial charge in [-0.15, -0.1) is 5.10 Å². The maximum Gasteiger partial charge on any atom is 0.139 e. The molecule has 0 aliphatic carbocycles. The molecular weight excluding hydrogens is 481 g/mol. The molecule has 0 saturated carbocycles. The molecule has 30 heavy (non-hydrogen) atoms. The van der Waals surface area contributed by atoms with E-state index in [1.54, 1.807) is 0 Å². The van der Waals surface area contributed by atoms with Crippen LogP contribution in [0, 0.1) is 0 Å². The van der Waals surface area contributed by atoms with Crippen molar-refractivity contribution in [2.45, 2.75) is 35.6 Å². The lowest BCUT2D eigenvalue weighted by Gasteiger charge is -2.35. The third-order valence-corrected chi connectivity index (χ3v) is 6.12. The third kappa shape index (κ3) is 3.93. The van der Waals surface area contributed by atoms with E-state index in [1.165, 1.54) is 0 Å². The smallest absolute Gasteiger partial charge is 0.139 e. The summed E-state index contributed by atoms with van der Waals surface area (Å²) in [5.74, 6) is 0.352. The third-order valence-electron chi connectivity index (χ3n) is 5.61. The molecule has 0 amide bonds. The van der Waals surface area contributed by atoms with Gasteiger partial charge in [0.15, 0.2) is 0 Å². The lowest BCUT2D eigenvalue weighted by atomic mass is 9.77. The van der Waals surface area contributed by atoms with E-state index >= 15 is 0 Å². The van der Waals surface area contributed by atoms with Crippen molar-refractivity contribution < 1.29 is 0 Å². The summed E-state index contributed by atoms with van der Waals surface area (Å²) in [6.45, 7) is 4.47. The quantitative estimate of drug-likeness (QED) is 0.164. The number of aromatic nitrogens is 3. The van der Waals surface area contributed by atoms with Crippen LogP contribution < -0.4 is 0 Å². The molecule has 1 heterocycles. The molecular formula is C26H26IN3. The Balaban J connectivity index is 1.98. The fourth-order valence-electron chi connectivity index (χ4n) is 4.21. The zero-order valence-corrected chi connectivity index (χ0v) is 19.5. The summed E-state index contributed by atoms with van der Waals surface area (Å²) in [5.41, 5.74) is 3.92. The molecule has 3 aromatic carbocycles. The van der Waals surface area contributed by atoms with Gasteiger partial charge in [-0.05, 0) is 23.1 Å². The number of halogens is 1. The minimum Gasteiger partial charge on any atom is -0.233 e. The fourth-order valence-corrected chi connectivity index (χ4v) is 4.97. The Morgan fingerprint density at radius 2 is 1.20 bits per heavy atom. The zero-order valence-electron chi connectivity index (χ0n) is 17.3. The predicted octanol–water partition coefficient (Wildman–Crippen LogP) is 6.44. The molecule has 1 aromatic heterocycles. The molecule has 0 bridgehead atoms. The Hall–Kier alpha value is -2.47. The number of nitrogens with zero attached hydrogens (tertiary/aromatic N) is 3. The van der Waals surface area contributed by atoms with Gasteiger partial charge >= 0.3 is 0 Å². The molecule has 0 aliphatic heterocycles. The van der Waals surface area contributed by atoms with Crippen molar-refractivity contribution in [2.75, 3.05) is 0 Å². The lowest BCUT2D eigenvalue weighted by Crippen LogP contribution is -2.38. The molecule has 0 saturated heterocycles. The average Bonchev–Trinajstić information content (AvgIpc) is 3.27. The Bertz CT molecular complexity index is 963. The highest BCUT2D eigenvalue weighted by Crippen LogP contribution is 2.40. The van der Waals surface area contributed by atoms with Crippen LogP contribution >= 0.6 is 22.6 Å². The monoisotopic (exact) mass is 507 g/mol. The molecule has 4 rings (SSSR count). The Morgan fingerprint density at radius 3 is 1.60 bits per heavy atom. The maximum atomic E-state index is 4.71. The fraction of sp³-hybridized carbons (Fsp3) is 0.231. The van der Waals surface area contributed by atoms with Crippen LogP contribution in [0.2, 0.25) is 0 Å². The predicted molar refractivity (Wildman–Crippen MR) is 131 cm³/mol. The summed E-state index contributed by atoms with van der Waals surface area (Å²) >= 11 is 2.48. The first-order chi connectivity index (χ1) is 14.6. The van der Waals surface area contributed by atoms with Gasteiger partial charge in [-0.3, -0.25) is 0 Å². The number of alkyl halides is 1. The summed E-state index contributed by atoms with van der Waals surface area (Å²) < 4.78 is 2.64. The van der Waals surface area contributed by atoms with Crippen LogP contribution in [-0.4, -0.2) is 18.9 Å². The van der Waals surface area contributed by atoms with Crippen molar-refractivity contribution >= 4 is 22.6 Å². The van der Waals surface area contributed by atoms with Crippen LogP contribution in [0.4, 0.5) is 0 Å². The lowest BCUT2D eigenvalue weighted by molar-refractivity contribution is 0.446. The second kappa shape index (κ2) is 9.13. The van der Waals surface area contributed by atoms with E-state index in [0.717, 1.165) is 28.8 Å². The molecule has 0 radical (unpaired) electrons. The van der Waals surface area contributed by atoms with E-state index in [0.29, 0.717) is 9.84 Å². The van der Waals surface area contributed by atoms with Crippen LogP contribution in [0.1, 0.15) is 48.6 Å². The number of benzene rings is 3. The summed E-state index contributed by atoms with van der Waals surface area (Å²) in [4.78, 5) is 0. The van der Waals surface area contributed by atoms with E-state index in [9.17, 15) is 0 Å². The SMILES string of the molecule is CC(I)CC(C)c1cn(C(c2ccccc2)(c2ccccc2)c2ccccc2)nn1. The van der Waals surface area contributed by atoms with Gasteiger partial charge in [0.05, 0.1) is 11.9 Å². The highest BCUT2D eigenvalue weighted by atomic mass is 127. The summed E-state index contributed by atoms with van der Waals surface area (Å²) in [6, 6.07) is 31.8. The minimum atomic E-state index is -0.593. The highest BCUT2D eigenvalue weighted by Gasteiger charge is 2.39. The molecule has 4 heteroatoms. The van der Waals surface area contributed by atoms with Gasteiger partial charge in [0.2, 0.25) is 0 Å². The van der Waals surface area contributed by atoms with E-state index in [-0.39, 0.29) is 0 Å². The summed E-state index contributed by atoms with van der Waals surface area (Å²) in [7, 11) is 0. The van der Waals surface area contributed by atoms with Gasteiger partial charge in [0.1, 0.15) is 5.54 Å². The van der Waals surface area contributed by atoms with Gasteiger partial charge < -0.3 is 0 Å². The van der Waals surface area contributed by atoms with Crippen LogP contribution in [-0.2, 0) is 5.54 Å². The van der Waals surface area contributed by atoms with Crippen molar-refractivity contribution in [1.82, 2.24) is 15.0 Å². The average molecular weight is 507 g/mol. The number of rotatable bonds is 7. The van der Waals surface area contributed by atoms with Gasteiger partial charge in [-0.25, -0.2) is 4.68 Å². The largest absolute Gasteiger partial charge is 0.233 e. The molecule has 2 unspecified atom stereocenters. The Kier molecular flexibility index (Phi) is 6.32. The topological polar surface area (TPSA) is 30.7 Å². The van der Waals surface area contributed by atoms with E-state index in [1.807, 2.05) is 0 Å². The normalized spacial score (nSPS) is 13.7. The van der Waals surface area contributed by atoms with E-state index < -0.39 is 5.54 Å². The van der Waals surface area contributed by atoms with Crippen molar-refractivity contribution in [1.29, 1.82) is 0 Å². The standard InChI is InChI=1S/C26H26IN3/c1-20(18-21(2)27)25-19-30(29-28-25)26(22-12-6-3-7-13-22,23-14-8-4-9-15-23)24-16-10-5-11-17-24/h3-17,19-21H,18H2,1-2H3. The van der Waals surface area contributed by atoms with Crippen LogP contribution in [0.15, 0.2) is 97.2 Å². The van der Waals surface area contributed by atoms with Crippen molar-refractivity contribution in [3.05, 3.63) is 120 Å². The van der Waals surface area contributed by atoms with Gasteiger partial charge in [-0.1, -0.05) is 133 Å². The van der Waals surface area contributed by atoms with Gasteiger partial charge in [0, 0.05) is 9.84 Å². The molecule has 0 N–H and O–H groups in total. The van der Waals surface area contributed by atoms with E-state index in [4.69, 9.17) is 5.21 Å². The maximum absolute atomic E-state index is 4.71. The zero-order chi connectivity index (χ0) is 21.0. The van der Waals surface area contributed by atoms with E-state index in [2.05, 4.69) is 143 Å². The summed E-state index contributed by atoms with van der Waals surface area (Å²) in [5, 5.41) is 9.33. The molecule has 152 valence electrons.